The molecule has 1 aromatic carbocycles. The Morgan fingerprint density at radius 3 is 2.58 bits per heavy atom. The highest BCUT2D eigenvalue weighted by Crippen LogP contribution is 2.25. The average Bonchev–Trinajstić information content (AvgIpc) is 3.02. The predicted molar refractivity (Wildman–Crippen MR) is 86.5 cm³/mol. The van der Waals surface area contributed by atoms with Crippen LogP contribution in [0.5, 0.6) is 0 Å². The third-order valence-electron chi connectivity index (χ3n) is 5.22. The molecule has 132 valence electrons. The van der Waals surface area contributed by atoms with E-state index in [2.05, 4.69) is 4.90 Å². The fraction of sp³-hybridized carbons (Fsp3) is 0.611. The topological polar surface area (TPSA) is 43.8 Å². The highest BCUT2D eigenvalue weighted by molar-refractivity contribution is 5.76. The maximum atomic E-state index is 13.6. The fourth-order valence-corrected chi connectivity index (χ4v) is 3.79. The zero-order chi connectivity index (χ0) is 17.1. The molecular formula is C18H24F2N2O2. The number of hydrogen-bond acceptors (Lipinski definition) is 3. The van der Waals surface area contributed by atoms with Gasteiger partial charge in [0.05, 0.1) is 6.10 Å². The third kappa shape index (κ3) is 3.75. The molecule has 1 aliphatic carbocycles. The number of nitrogens with zero attached hydrogens (tertiary/aromatic N) is 2. The summed E-state index contributed by atoms with van der Waals surface area (Å²) >= 11 is 0. The number of rotatable bonds is 4. The highest BCUT2D eigenvalue weighted by Gasteiger charge is 2.33. The van der Waals surface area contributed by atoms with Crippen LogP contribution in [0.25, 0.3) is 0 Å². The minimum atomic E-state index is -0.872. The van der Waals surface area contributed by atoms with E-state index in [0.717, 1.165) is 38.4 Å². The molecule has 2 fully saturated rings. The van der Waals surface area contributed by atoms with Gasteiger partial charge in [0.2, 0.25) is 5.91 Å². The Balaban J connectivity index is 1.48. The van der Waals surface area contributed by atoms with E-state index in [0.29, 0.717) is 13.1 Å². The summed E-state index contributed by atoms with van der Waals surface area (Å²) in [5.41, 5.74) is 0.246. The van der Waals surface area contributed by atoms with Crippen molar-refractivity contribution in [1.82, 2.24) is 9.80 Å². The van der Waals surface area contributed by atoms with Crippen molar-refractivity contribution >= 4 is 5.91 Å². The summed E-state index contributed by atoms with van der Waals surface area (Å²) < 4.78 is 26.8. The van der Waals surface area contributed by atoms with E-state index >= 15 is 0 Å². The van der Waals surface area contributed by atoms with Gasteiger partial charge in [-0.1, -0.05) is 12.1 Å². The monoisotopic (exact) mass is 338 g/mol. The van der Waals surface area contributed by atoms with Crippen molar-refractivity contribution < 1.29 is 18.7 Å². The molecule has 24 heavy (non-hydrogen) atoms. The minimum absolute atomic E-state index is 0.0229. The van der Waals surface area contributed by atoms with Gasteiger partial charge in [-0.05, 0) is 37.3 Å². The number of carbonyl (C=O) groups excluding carboxylic acids is 1. The van der Waals surface area contributed by atoms with E-state index in [-0.39, 0.29) is 36.5 Å². The van der Waals surface area contributed by atoms with Gasteiger partial charge in [0, 0.05) is 38.6 Å². The number of aliphatic hydroxyl groups excluding tert-OH is 1. The lowest BCUT2D eigenvalue weighted by molar-refractivity contribution is -0.133. The van der Waals surface area contributed by atoms with E-state index in [1.165, 1.54) is 12.1 Å². The Kier molecular flexibility index (Phi) is 5.46. The van der Waals surface area contributed by atoms with Crippen LogP contribution in [0.3, 0.4) is 0 Å². The van der Waals surface area contributed by atoms with Gasteiger partial charge in [-0.25, -0.2) is 8.78 Å². The summed E-state index contributed by atoms with van der Waals surface area (Å²) in [7, 11) is 0. The molecule has 2 atom stereocenters. The molecule has 0 aromatic heterocycles. The molecule has 1 aliphatic heterocycles. The summed E-state index contributed by atoms with van der Waals surface area (Å²) in [4.78, 5) is 16.4. The number of hydrogen-bond donors (Lipinski definition) is 1. The zero-order valence-electron chi connectivity index (χ0n) is 13.8. The van der Waals surface area contributed by atoms with Gasteiger partial charge in [0.1, 0.15) is 0 Å². The van der Waals surface area contributed by atoms with Gasteiger partial charge >= 0.3 is 0 Å². The summed E-state index contributed by atoms with van der Waals surface area (Å²) in [6.07, 6.45) is 3.10. The van der Waals surface area contributed by atoms with Crippen molar-refractivity contribution in [2.45, 2.75) is 44.2 Å². The zero-order valence-corrected chi connectivity index (χ0v) is 13.8. The Labute approximate surface area is 141 Å². The second kappa shape index (κ2) is 7.57. The van der Waals surface area contributed by atoms with Crippen LogP contribution in [-0.4, -0.2) is 59.1 Å². The first-order valence-electron chi connectivity index (χ1n) is 8.69. The molecule has 1 saturated carbocycles. The molecule has 2 unspecified atom stereocenters. The van der Waals surface area contributed by atoms with E-state index in [9.17, 15) is 18.7 Å². The van der Waals surface area contributed by atoms with E-state index in [1.54, 1.807) is 4.90 Å². The summed E-state index contributed by atoms with van der Waals surface area (Å²) in [6.45, 7) is 2.80. The SMILES string of the molecule is O=C(CCc1cccc(F)c1F)N1CCN(C2CCCC2O)CC1. The van der Waals surface area contributed by atoms with Crippen LogP contribution in [-0.2, 0) is 11.2 Å². The van der Waals surface area contributed by atoms with Crippen molar-refractivity contribution in [2.75, 3.05) is 26.2 Å². The molecular weight excluding hydrogens is 314 g/mol. The van der Waals surface area contributed by atoms with Crippen LogP contribution in [0.4, 0.5) is 8.78 Å². The van der Waals surface area contributed by atoms with Crippen LogP contribution in [0.2, 0.25) is 0 Å². The minimum Gasteiger partial charge on any atom is -0.391 e. The van der Waals surface area contributed by atoms with Gasteiger partial charge < -0.3 is 10.0 Å². The van der Waals surface area contributed by atoms with Crippen LogP contribution < -0.4 is 0 Å². The maximum absolute atomic E-state index is 13.6. The number of aliphatic hydroxyl groups is 1. The average molecular weight is 338 g/mol. The maximum Gasteiger partial charge on any atom is 0.222 e. The Morgan fingerprint density at radius 1 is 1.17 bits per heavy atom. The summed E-state index contributed by atoms with van der Waals surface area (Å²) in [6, 6.07) is 4.29. The molecule has 1 N–H and O–H groups in total. The normalized spacial score (nSPS) is 25.2. The Hall–Kier alpha value is -1.53. The van der Waals surface area contributed by atoms with Gasteiger partial charge in [-0.15, -0.1) is 0 Å². The first-order chi connectivity index (χ1) is 11.6. The Morgan fingerprint density at radius 2 is 1.92 bits per heavy atom. The van der Waals surface area contributed by atoms with Gasteiger partial charge in [-0.3, -0.25) is 9.69 Å². The van der Waals surface area contributed by atoms with Crippen molar-refractivity contribution in [2.24, 2.45) is 0 Å². The molecule has 1 aromatic rings. The van der Waals surface area contributed by atoms with Gasteiger partial charge in [-0.2, -0.15) is 0 Å². The molecule has 0 spiro atoms. The van der Waals surface area contributed by atoms with Gasteiger partial charge in [0.15, 0.2) is 11.6 Å². The first kappa shape index (κ1) is 17.3. The number of benzene rings is 1. The Bertz CT molecular complexity index is 588. The summed E-state index contributed by atoms with van der Waals surface area (Å²) in [5.74, 6) is -1.75. The number of piperazine rings is 1. The molecule has 4 nitrogen and oxygen atoms in total. The molecule has 2 aliphatic rings. The molecule has 0 bridgehead atoms. The van der Waals surface area contributed by atoms with Crippen molar-refractivity contribution in [1.29, 1.82) is 0 Å². The third-order valence-corrected chi connectivity index (χ3v) is 5.22. The number of aryl methyl sites for hydroxylation is 1. The molecule has 1 amide bonds. The standard InChI is InChI=1S/C18H24F2N2O2/c19-14-4-1-3-13(18(14)20)7-8-17(24)22-11-9-21(10-12-22)15-5-2-6-16(15)23/h1,3-4,15-16,23H,2,5-12H2. The first-order valence-corrected chi connectivity index (χ1v) is 8.69. The molecule has 3 rings (SSSR count). The lowest BCUT2D eigenvalue weighted by Gasteiger charge is -2.39. The van der Waals surface area contributed by atoms with Crippen molar-refractivity contribution in [3.63, 3.8) is 0 Å². The van der Waals surface area contributed by atoms with Gasteiger partial charge in [0.25, 0.3) is 0 Å². The van der Waals surface area contributed by atoms with Crippen LogP contribution in [0, 0.1) is 11.6 Å². The van der Waals surface area contributed by atoms with Crippen LogP contribution in [0.15, 0.2) is 18.2 Å². The molecule has 6 heteroatoms. The molecule has 1 heterocycles. The fourth-order valence-electron chi connectivity index (χ4n) is 3.79. The van der Waals surface area contributed by atoms with Crippen LogP contribution in [0.1, 0.15) is 31.2 Å². The molecule has 0 radical (unpaired) electrons. The summed E-state index contributed by atoms with van der Waals surface area (Å²) in [5, 5.41) is 9.99. The second-order valence-electron chi connectivity index (χ2n) is 6.70. The highest BCUT2D eigenvalue weighted by atomic mass is 19.2. The van der Waals surface area contributed by atoms with Crippen molar-refractivity contribution in [3.8, 4) is 0 Å². The predicted octanol–water partition coefficient (Wildman–Crippen LogP) is 1.95. The van der Waals surface area contributed by atoms with Crippen molar-refractivity contribution in [3.05, 3.63) is 35.4 Å². The largest absolute Gasteiger partial charge is 0.391 e. The second-order valence-corrected chi connectivity index (χ2v) is 6.70. The lowest BCUT2D eigenvalue weighted by Crippen LogP contribution is -2.53. The number of carbonyl (C=O) groups is 1. The number of halogens is 2. The number of amides is 1. The van der Waals surface area contributed by atoms with E-state index < -0.39 is 11.6 Å². The smallest absolute Gasteiger partial charge is 0.222 e. The quantitative estimate of drug-likeness (QED) is 0.913. The lowest BCUT2D eigenvalue weighted by atomic mass is 10.1. The van der Waals surface area contributed by atoms with Crippen LogP contribution >= 0.6 is 0 Å². The van der Waals surface area contributed by atoms with E-state index in [4.69, 9.17) is 0 Å². The molecule has 1 saturated heterocycles. The van der Waals surface area contributed by atoms with E-state index in [1.807, 2.05) is 0 Å².